The van der Waals surface area contributed by atoms with Crippen LogP contribution in [0.25, 0.3) is 5.69 Å². The Bertz CT molecular complexity index is 1430. The van der Waals surface area contributed by atoms with E-state index in [0.29, 0.717) is 23.6 Å². The summed E-state index contributed by atoms with van der Waals surface area (Å²) in [4.78, 5) is 50.4. The zero-order valence-electron chi connectivity index (χ0n) is 21.5. The summed E-state index contributed by atoms with van der Waals surface area (Å²) >= 11 is 6.18. The van der Waals surface area contributed by atoms with Crippen LogP contribution in [0.5, 0.6) is 0 Å². The minimum absolute atomic E-state index is 0.135. The van der Waals surface area contributed by atoms with Crippen LogP contribution in [0.3, 0.4) is 0 Å². The molecule has 0 aliphatic carbocycles. The number of fused-ring (bicyclic) bond motifs is 1. The molecule has 13 nitrogen and oxygen atoms in total. The molecule has 1 aliphatic rings. The fourth-order valence-electron chi connectivity index (χ4n) is 4.03. The summed E-state index contributed by atoms with van der Waals surface area (Å²) in [5.74, 6) is -1.24. The Kier molecular flexibility index (Phi) is 9.41. The zero-order chi connectivity index (χ0) is 28.5. The Morgan fingerprint density at radius 2 is 2.02 bits per heavy atom. The van der Waals surface area contributed by atoms with Crippen LogP contribution in [-0.2, 0) is 20.7 Å². The molecule has 0 saturated carbocycles. The van der Waals surface area contributed by atoms with E-state index in [4.69, 9.17) is 11.6 Å². The average molecular weight is 567 g/mol. The number of hydrogen-bond acceptors (Lipinski definition) is 8. The Balaban J connectivity index is 1.48. The van der Waals surface area contributed by atoms with Crippen molar-refractivity contribution in [2.24, 2.45) is 0 Å². The first-order valence-corrected chi connectivity index (χ1v) is 12.8. The second-order valence-electron chi connectivity index (χ2n) is 8.77. The van der Waals surface area contributed by atoms with Crippen molar-refractivity contribution in [3.8, 4) is 5.69 Å². The normalized spacial score (nSPS) is 16.3. The molecule has 1 atom stereocenters. The fourth-order valence-corrected chi connectivity index (χ4v) is 4.22. The van der Waals surface area contributed by atoms with Crippen LogP contribution in [-0.4, -0.2) is 63.7 Å². The van der Waals surface area contributed by atoms with Gasteiger partial charge >= 0.3 is 6.09 Å². The zero-order valence-corrected chi connectivity index (χ0v) is 22.3. The van der Waals surface area contributed by atoms with E-state index in [1.54, 1.807) is 30.4 Å². The summed E-state index contributed by atoms with van der Waals surface area (Å²) in [5.41, 5.74) is 2.20. The monoisotopic (exact) mass is 566 g/mol. The molecular weight excluding hydrogens is 540 g/mol. The quantitative estimate of drug-likeness (QED) is 0.330. The standard InChI is InChI=1S/C26H27ClN8O5/c1-40-26(39)30-18-8-9-19-21(14-18)31-23(36)6-4-2-3-5-20(32-24(19)37)25(38)28-12-11-16-13-17(27)7-10-22(16)35-15-29-33-34-35/h2-3,7-10,13-15,20H,4-6,11-12H2,1H3,(H,28,38)(H,30,39)(H,31,36)(H,32,37)/b3-2-. The lowest BCUT2D eigenvalue weighted by Gasteiger charge is -2.20. The molecule has 14 heteroatoms. The molecule has 1 unspecified atom stereocenters. The maximum atomic E-state index is 13.2. The molecule has 0 saturated heterocycles. The minimum Gasteiger partial charge on any atom is -0.453 e. The highest BCUT2D eigenvalue weighted by atomic mass is 35.5. The third-order valence-corrected chi connectivity index (χ3v) is 6.23. The molecule has 0 bridgehead atoms. The van der Waals surface area contributed by atoms with Crippen LogP contribution in [0.2, 0.25) is 5.02 Å². The van der Waals surface area contributed by atoms with Gasteiger partial charge in [0, 0.05) is 23.7 Å². The number of rotatable bonds is 6. The molecule has 4 N–H and O–H groups in total. The molecule has 2 aromatic carbocycles. The minimum atomic E-state index is -0.877. The third-order valence-electron chi connectivity index (χ3n) is 6.00. The second-order valence-corrected chi connectivity index (χ2v) is 9.20. The molecule has 0 fully saturated rings. The van der Waals surface area contributed by atoms with Crippen LogP contribution in [0.15, 0.2) is 54.9 Å². The summed E-state index contributed by atoms with van der Waals surface area (Å²) in [5, 5.41) is 22.6. The molecule has 1 aliphatic heterocycles. The highest BCUT2D eigenvalue weighted by Gasteiger charge is 2.23. The van der Waals surface area contributed by atoms with Gasteiger partial charge in [0.1, 0.15) is 12.4 Å². The number of halogens is 1. The van der Waals surface area contributed by atoms with Crippen molar-refractivity contribution >= 4 is 46.8 Å². The SMILES string of the molecule is COC(=O)Nc1ccc2c(c1)NC(=O)CC/C=C\CC(C(=O)NCCc1cc(Cl)ccc1-n1cnnn1)NC2=O. The van der Waals surface area contributed by atoms with Crippen molar-refractivity contribution in [1.29, 1.82) is 0 Å². The maximum absolute atomic E-state index is 13.2. The Hall–Kier alpha value is -4.78. The fraction of sp³-hybridized carbons (Fsp3) is 0.269. The molecule has 0 radical (unpaired) electrons. The number of carbonyl (C=O) groups excluding carboxylic acids is 4. The van der Waals surface area contributed by atoms with Gasteiger partial charge in [0.05, 0.1) is 24.0 Å². The highest BCUT2D eigenvalue weighted by Crippen LogP contribution is 2.23. The van der Waals surface area contributed by atoms with E-state index in [0.717, 1.165) is 11.3 Å². The van der Waals surface area contributed by atoms with E-state index < -0.39 is 18.0 Å². The number of amides is 4. The van der Waals surface area contributed by atoms with Crippen LogP contribution >= 0.6 is 11.6 Å². The van der Waals surface area contributed by atoms with Gasteiger partial charge in [-0.15, -0.1) is 5.10 Å². The largest absolute Gasteiger partial charge is 0.453 e. The van der Waals surface area contributed by atoms with E-state index in [2.05, 4.69) is 41.5 Å². The molecule has 208 valence electrons. The number of hydrogen-bond donors (Lipinski definition) is 4. The number of methoxy groups -OCH3 is 1. The number of benzene rings is 2. The molecule has 40 heavy (non-hydrogen) atoms. The number of nitrogens with zero attached hydrogens (tertiary/aromatic N) is 4. The summed E-state index contributed by atoms with van der Waals surface area (Å²) < 4.78 is 6.11. The van der Waals surface area contributed by atoms with Crippen LogP contribution < -0.4 is 21.3 Å². The summed E-state index contributed by atoms with van der Waals surface area (Å²) in [7, 11) is 1.22. The first kappa shape index (κ1) is 28.2. The first-order valence-electron chi connectivity index (χ1n) is 12.4. The third kappa shape index (κ3) is 7.41. The van der Waals surface area contributed by atoms with Gasteiger partial charge in [-0.1, -0.05) is 23.8 Å². The van der Waals surface area contributed by atoms with Crippen molar-refractivity contribution in [2.75, 3.05) is 24.3 Å². The van der Waals surface area contributed by atoms with E-state index in [-0.39, 0.29) is 42.5 Å². The van der Waals surface area contributed by atoms with Gasteiger partial charge in [0.2, 0.25) is 11.8 Å². The predicted octanol–water partition coefficient (Wildman–Crippen LogP) is 2.63. The molecule has 1 aromatic heterocycles. The van der Waals surface area contributed by atoms with Gasteiger partial charge < -0.3 is 20.7 Å². The number of ether oxygens (including phenoxy) is 1. The van der Waals surface area contributed by atoms with Gasteiger partial charge in [0.25, 0.3) is 5.91 Å². The van der Waals surface area contributed by atoms with Crippen molar-refractivity contribution in [3.63, 3.8) is 0 Å². The van der Waals surface area contributed by atoms with Gasteiger partial charge in [-0.3, -0.25) is 19.7 Å². The van der Waals surface area contributed by atoms with Crippen LogP contribution in [0.4, 0.5) is 16.2 Å². The lowest BCUT2D eigenvalue weighted by molar-refractivity contribution is -0.123. The molecule has 3 aromatic rings. The number of anilines is 2. The summed E-state index contributed by atoms with van der Waals surface area (Å²) in [6.45, 7) is 0.263. The number of carbonyl (C=O) groups is 4. The Labute approximate surface area is 234 Å². The number of nitrogens with one attached hydrogen (secondary N) is 4. The molecule has 4 amide bonds. The van der Waals surface area contributed by atoms with Crippen LogP contribution in [0, 0.1) is 0 Å². The van der Waals surface area contributed by atoms with E-state index >= 15 is 0 Å². The lowest BCUT2D eigenvalue weighted by Crippen LogP contribution is -2.47. The summed E-state index contributed by atoms with van der Waals surface area (Å²) in [6, 6.07) is 8.81. The van der Waals surface area contributed by atoms with E-state index in [1.807, 2.05) is 0 Å². The smallest absolute Gasteiger partial charge is 0.411 e. The maximum Gasteiger partial charge on any atom is 0.411 e. The number of tetrazole rings is 1. The van der Waals surface area contributed by atoms with Crippen molar-refractivity contribution in [3.05, 3.63) is 71.0 Å². The van der Waals surface area contributed by atoms with Gasteiger partial charge in [-0.05, 0) is 71.7 Å². The lowest BCUT2D eigenvalue weighted by atomic mass is 10.1. The summed E-state index contributed by atoms with van der Waals surface area (Å²) in [6.07, 6.45) is 5.59. The molecule has 0 spiro atoms. The van der Waals surface area contributed by atoms with Gasteiger partial charge in [-0.2, -0.15) is 0 Å². The molecule has 4 rings (SSSR count). The second kappa shape index (κ2) is 13.3. The van der Waals surface area contributed by atoms with E-state index in [9.17, 15) is 19.2 Å². The van der Waals surface area contributed by atoms with Gasteiger partial charge in [0.15, 0.2) is 0 Å². The topological polar surface area (TPSA) is 169 Å². The Morgan fingerprint density at radius 1 is 1.18 bits per heavy atom. The van der Waals surface area contributed by atoms with Crippen LogP contribution in [0.1, 0.15) is 35.2 Å². The van der Waals surface area contributed by atoms with Crippen molar-refractivity contribution < 1.29 is 23.9 Å². The number of allylic oxidation sites excluding steroid dienone is 1. The van der Waals surface area contributed by atoms with Crippen molar-refractivity contribution in [2.45, 2.75) is 31.7 Å². The highest BCUT2D eigenvalue weighted by molar-refractivity contribution is 6.30. The average Bonchev–Trinajstić information content (AvgIpc) is 3.46. The number of aromatic nitrogens is 4. The first-order chi connectivity index (χ1) is 19.3. The van der Waals surface area contributed by atoms with E-state index in [1.165, 1.54) is 36.3 Å². The molecular formula is C26H27ClN8O5. The predicted molar refractivity (Wildman–Crippen MR) is 146 cm³/mol. The van der Waals surface area contributed by atoms with Gasteiger partial charge in [-0.25, -0.2) is 9.48 Å². The Morgan fingerprint density at radius 3 is 2.80 bits per heavy atom. The molecule has 2 heterocycles. The van der Waals surface area contributed by atoms with Crippen molar-refractivity contribution in [1.82, 2.24) is 30.8 Å².